The van der Waals surface area contributed by atoms with E-state index < -0.39 is 0 Å². The van der Waals surface area contributed by atoms with E-state index in [9.17, 15) is 0 Å². The van der Waals surface area contributed by atoms with Gasteiger partial charge in [-0.2, -0.15) is 0 Å². The van der Waals surface area contributed by atoms with Crippen LogP contribution in [0.5, 0.6) is 0 Å². The summed E-state index contributed by atoms with van der Waals surface area (Å²) in [4.78, 5) is 0. The van der Waals surface area contributed by atoms with E-state index in [4.69, 9.17) is 0 Å². The molecule has 0 unspecified atom stereocenters. The minimum absolute atomic E-state index is 0.315. The molecule has 0 spiro atoms. The largest absolute Gasteiger partial charge is 0.0795 e. The molecule has 0 amide bonds. The Bertz CT molecular complexity index is 249. The lowest BCUT2D eigenvalue weighted by Crippen LogP contribution is -1.98. The van der Waals surface area contributed by atoms with Gasteiger partial charge in [-0.25, -0.2) is 0 Å². The first-order valence-corrected chi connectivity index (χ1v) is 3.79. The van der Waals surface area contributed by atoms with Gasteiger partial charge in [-0.15, -0.1) is 0 Å². The molecule has 0 heteroatoms. The fourth-order valence-corrected chi connectivity index (χ4v) is 1.71. The Morgan fingerprint density at radius 1 is 1.30 bits per heavy atom. The van der Waals surface area contributed by atoms with Crippen molar-refractivity contribution < 1.29 is 0 Å². The molecule has 0 aromatic rings. The molecule has 0 bridgehead atoms. The van der Waals surface area contributed by atoms with E-state index in [2.05, 4.69) is 38.2 Å². The third-order valence-corrected chi connectivity index (χ3v) is 2.08. The molecule has 2 aliphatic carbocycles. The maximum atomic E-state index is 2.36. The van der Waals surface area contributed by atoms with Gasteiger partial charge >= 0.3 is 0 Å². The number of fused-ring (bicyclic) bond motifs is 1. The van der Waals surface area contributed by atoms with Crippen molar-refractivity contribution in [1.82, 2.24) is 0 Å². The molecular weight excluding hydrogens is 120 g/mol. The predicted molar refractivity (Wildman–Crippen MR) is 43.7 cm³/mol. The van der Waals surface area contributed by atoms with Crippen LogP contribution in [0.2, 0.25) is 0 Å². The zero-order valence-corrected chi connectivity index (χ0v) is 6.52. The number of hydrogen-bond donors (Lipinski definition) is 0. The molecular formula is C10H12. The van der Waals surface area contributed by atoms with Crippen LogP contribution in [0.4, 0.5) is 0 Å². The average molecular weight is 132 g/mol. The molecule has 0 saturated heterocycles. The summed E-state index contributed by atoms with van der Waals surface area (Å²) in [6.07, 6.45) is 10.3. The van der Waals surface area contributed by atoms with Gasteiger partial charge in [-0.1, -0.05) is 38.2 Å². The lowest BCUT2D eigenvalue weighted by Gasteiger charge is -2.09. The summed E-state index contributed by atoms with van der Waals surface area (Å²) in [6, 6.07) is 0. The number of allylic oxidation sites excluding steroid dienone is 6. The second-order valence-corrected chi connectivity index (χ2v) is 3.70. The molecule has 0 N–H and O–H groups in total. The monoisotopic (exact) mass is 132 g/mol. The maximum Gasteiger partial charge on any atom is 0.00196 e. The van der Waals surface area contributed by atoms with Gasteiger partial charge in [-0.05, 0) is 17.6 Å². The summed E-state index contributed by atoms with van der Waals surface area (Å²) in [6.45, 7) is 4.50. The third kappa shape index (κ3) is 0.756. The fourth-order valence-electron chi connectivity index (χ4n) is 1.71. The van der Waals surface area contributed by atoms with E-state index in [1.54, 1.807) is 0 Å². The van der Waals surface area contributed by atoms with Gasteiger partial charge in [-0.3, -0.25) is 0 Å². The van der Waals surface area contributed by atoms with Crippen molar-refractivity contribution in [2.24, 2.45) is 5.41 Å². The molecule has 10 heavy (non-hydrogen) atoms. The highest BCUT2D eigenvalue weighted by molar-refractivity contribution is 5.52. The van der Waals surface area contributed by atoms with Crippen LogP contribution in [0.3, 0.4) is 0 Å². The van der Waals surface area contributed by atoms with E-state index >= 15 is 0 Å². The Morgan fingerprint density at radius 2 is 2.10 bits per heavy atom. The molecule has 0 nitrogen and oxygen atoms in total. The molecule has 2 aliphatic rings. The van der Waals surface area contributed by atoms with E-state index in [0.717, 1.165) is 6.42 Å². The van der Waals surface area contributed by atoms with Crippen LogP contribution >= 0.6 is 0 Å². The van der Waals surface area contributed by atoms with Crippen LogP contribution in [-0.4, -0.2) is 0 Å². The molecule has 0 aromatic carbocycles. The Hall–Kier alpha value is -0.780. The SMILES string of the molecule is CC1(C)C=C2C=CCC2=C1. The van der Waals surface area contributed by atoms with Crippen molar-refractivity contribution >= 4 is 0 Å². The minimum atomic E-state index is 0.315. The van der Waals surface area contributed by atoms with Crippen LogP contribution in [0, 0.1) is 5.41 Å². The molecule has 2 rings (SSSR count). The summed E-state index contributed by atoms with van der Waals surface area (Å²) in [5.74, 6) is 0. The quantitative estimate of drug-likeness (QED) is 0.475. The molecule has 0 saturated carbocycles. The predicted octanol–water partition coefficient (Wildman–Crippen LogP) is 2.84. The summed E-state index contributed by atoms with van der Waals surface area (Å²) in [5.41, 5.74) is 3.28. The van der Waals surface area contributed by atoms with E-state index in [-0.39, 0.29) is 0 Å². The molecule has 0 aromatic heterocycles. The van der Waals surface area contributed by atoms with Crippen molar-refractivity contribution in [2.45, 2.75) is 20.3 Å². The molecule has 0 aliphatic heterocycles. The fraction of sp³-hybridized carbons (Fsp3) is 0.400. The molecule has 52 valence electrons. The molecule has 0 heterocycles. The normalized spacial score (nSPS) is 26.2. The van der Waals surface area contributed by atoms with Gasteiger partial charge in [0.05, 0.1) is 0 Å². The average Bonchev–Trinajstić information content (AvgIpc) is 2.20. The van der Waals surface area contributed by atoms with Crippen molar-refractivity contribution in [3.63, 3.8) is 0 Å². The Labute approximate surface area is 61.9 Å². The smallest absolute Gasteiger partial charge is 0.00196 e. The van der Waals surface area contributed by atoms with E-state index in [1.165, 1.54) is 11.1 Å². The standard InChI is InChI=1S/C10H12/c1-10(2)6-8-4-3-5-9(8)7-10/h3-4,6-7H,5H2,1-2H3. The first kappa shape index (κ1) is 5.96. The number of hydrogen-bond acceptors (Lipinski definition) is 0. The first-order chi connectivity index (χ1) is 4.67. The van der Waals surface area contributed by atoms with Gasteiger partial charge in [0.15, 0.2) is 0 Å². The number of rotatable bonds is 0. The first-order valence-electron chi connectivity index (χ1n) is 3.79. The Morgan fingerprint density at radius 3 is 2.80 bits per heavy atom. The summed E-state index contributed by atoms with van der Waals surface area (Å²) >= 11 is 0. The van der Waals surface area contributed by atoms with Gasteiger partial charge in [0.1, 0.15) is 0 Å². The van der Waals surface area contributed by atoms with Gasteiger partial charge in [0, 0.05) is 5.41 Å². The molecule has 0 radical (unpaired) electrons. The van der Waals surface area contributed by atoms with Crippen molar-refractivity contribution in [3.8, 4) is 0 Å². The second kappa shape index (κ2) is 1.63. The highest BCUT2D eigenvalue weighted by atomic mass is 14.3. The Kier molecular flexibility index (Phi) is 0.971. The topological polar surface area (TPSA) is 0 Å². The van der Waals surface area contributed by atoms with Crippen LogP contribution in [0.15, 0.2) is 35.5 Å². The van der Waals surface area contributed by atoms with Crippen molar-refractivity contribution in [2.75, 3.05) is 0 Å². The molecule has 0 fully saturated rings. The van der Waals surface area contributed by atoms with Crippen LogP contribution in [0.1, 0.15) is 20.3 Å². The lowest BCUT2D eigenvalue weighted by atomic mass is 9.95. The summed E-state index contributed by atoms with van der Waals surface area (Å²) in [5, 5.41) is 0. The zero-order chi connectivity index (χ0) is 7.19. The Balaban J connectivity index is 2.46. The minimum Gasteiger partial charge on any atom is -0.0795 e. The van der Waals surface area contributed by atoms with Crippen molar-refractivity contribution in [1.29, 1.82) is 0 Å². The van der Waals surface area contributed by atoms with Gasteiger partial charge in [0.2, 0.25) is 0 Å². The van der Waals surface area contributed by atoms with Crippen LogP contribution in [-0.2, 0) is 0 Å². The highest BCUT2D eigenvalue weighted by Crippen LogP contribution is 2.38. The van der Waals surface area contributed by atoms with E-state index in [1.807, 2.05) is 0 Å². The van der Waals surface area contributed by atoms with Gasteiger partial charge < -0.3 is 0 Å². The van der Waals surface area contributed by atoms with Gasteiger partial charge in [0.25, 0.3) is 0 Å². The summed E-state index contributed by atoms with van der Waals surface area (Å²) in [7, 11) is 0. The molecule has 0 atom stereocenters. The maximum absolute atomic E-state index is 2.36. The van der Waals surface area contributed by atoms with Crippen LogP contribution < -0.4 is 0 Å². The zero-order valence-electron chi connectivity index (χ0n) is 6.52. The van der Waals surface area contributed by atoms with E-state index in [0.29, 0.717) is 5.41 Å². The van der Waals surface area contributed by atoms with Crippen LogP contribution in [0.25, 0.3) is 0 Å². The van der Waals surface area contributed by atoms with Crippen molar-refractivity contribution in [3.05, 3.63) is 35.5 Å². The summed E-state index contributed by atoms with van der Waals surface area (Å²) < 4.78 is 0. The second-order valence-electron chi connectivity index (χ2n) is 3.70. The highest BCUT2D eigenvalue weighted by Gasteiger charge is 2.22. The lowest BCUT2D eigenvalue weighted by molar-refractivity contribution is 0.633. The third-order valence-electron chi connectivity index (χ3n) is 2.08.